The number of anilines is 1. The number of halogens is 1. The number of hydrogen-bond acceptors (Lipinski definition) is 6. The van der Waals surface area contributed by atoms with Gasteiger partial charge in [-0.1, -0.05) is 30.3 Å². The number of benzene rings is 1. The number of aryl methyl sites for hydroxylation is 1. The second kappa shape index (κ2) is 9.09. The van der Waals surface area contributed by atoms with Gasteiger partial charge in [-0.25, -0.2) is 14.3 Å². The number of fused-ring (bicyclic) bond motifs is 1. The lowest BCUT2D eigenvalue weighted by atomic mass is 10.00. The van der Waals surface area contributed by atoms with Gasteiger partial charge in [0.1, 0.15) is 18.2 Å². The molecule has 0 bridgehead atoms. The summed E-state index contributed by atoms with van der Waals surface area (Å²) in [6.45, 7) is 2.89. The van der Waals surface area contributed by atoms with E-state index in [1.54, 1.807) is 16.6 Å². The van der Waals surface area contributed by atoms with Gasteiger partial charge in [-0.3, -0.25) is 14.5 Å². The van der Waals surface area contributed by atoms with Crippen LogP contribution in [0.3, 0.4) is 0 Å². The molecule has 3 aromatic rings. The van der Waals surface area contributed by atoms with Crippen LogP contribution in [-0.2, 0) is 17.9 Å². The van der Waals surface area contributed by atoms with Gasteiger partial charge in [-0.15, -0.1) is 17.5 Å². The van der Waals surface area contributed by atoms with Gasteiger partial charge >= 0.3 is 0 Å². The number of carbonyl (C=O) groups excluding carboxylic acids is 2. The van der Waals surface area contributed by atoms with Crippen molar-refractivity contribution in [2.45, 2.75) is 31.5 Å². The summed E-state index contributed by atoms with van der Waals surface area (Å²) < 4.78 is 3.46. The minimum Gasteiger partial charge on any atom is -0.337 e. The van der Waals surface area contributed by atoms with Gasteiger partial charge in [0.15, 0.2) is 0 Å². The second-order valence-electron chi connectivity index (χ2n) is 7.97. The average molecular weight is 457 g/mol. The molecule has 0 aliphatic carbocycles. The molecule has 2 aliphatic rings. The van der Waals surface area contributed by atoms with Gasteiger partial charge in [-0.05, 0) is 12.0 Å². The molecule has 1 atom stereocenters. The van der Waals surface area contributed by atoms with Crippen LogP contribution in [0.15, 0.2) is 42.7 Å². The summed E-state index contributed by atoms with van der Waals surface area (Å²) >= 11 is 0. The molecule has 4 heterocycles. The molecule has 0 saturated carbocycles. The van der Waals surface area contributed by atoms with Gasteiger partial charge in [0.2, 0.25) is 5.82 Å². The zero-order chi connectivity index (χ0) is 21.4. The summed E-state index contributed by atoms with van der Waals surface area (Å²) in [6.07, 6.45) is 1.98. The molecule has 1 aromatic carbocycles. The highest BCUT2D eigenvalue weighted by molar-refractivity contribution is 6.00. The Kier molecular flexibility index (Phi) is 6.24. The standard InChI is InChI=1S/C21H24N8O2.ClH/c1-27-18-9-17(15-10-22-11-15)25-29(18)8-7-16(21(27)31)24-20(30)19-23-13-28(26-19)12-14-5-3-2-4-6-14;/h2-6,9,13,15-16,22H,7-8,10-12H2,1H3,(H,24,30);1H/t16-;/m1./s1. The summed E-state index contributed by atoms with van der Waals surface area (Å²) in [5.41, 5.74) is 2.07. The van der Waals surface area contributed by atoms with E-state index in [4.69, 9.17) is 0 Å². The maximum Gasteiger partial charge on any atom is 0.291 e. The highest BCUT2D eigenvalue weighted by atomic mass is 35.5. The first-order valence-corrected chi connectivity index (χ1v) is 10.4. The number of amides is 2. The van der Waals surface area contributed by atoms with E-state index in [0.29, 0.717) is 25.4 Å². The van der Waals surface area contributed by atoms with Gasteiger partial charge < -0.3 is 10.6 Å². The Morgan fingerprint density at radius 1 is 1.22 bits per heavy atom. The lowest BCUT2D eigenvalue weighted by Gasteiger charge is -2.25. The van der Waals surface area contributed by atoms with Crippen LogP contribution in [0.4, 0.5) is 5.82 Å². The van der Waals surface area contributed by atoms with Crippen molar-refractivity contribution in [3.05, 3.63) is 59.8 Å². The Bertz CT molecular complexity index is 1110. The third-order valence-corrected chi connectivity index (χ3v) is 5.81. The van der Waals surface area contributed by atoms with Crippen LogP contribution < -0.4 is 15.5 Å². The molecule has 5 rings (SSSR count). The zero-order valence-corrected chi connectivity index (χ0v) is 18.5. The Hall–Kier alpha value is -3.24. The molecule has 2 N–H and O–H groups in total. The van der Waals surface area contributed by atoms with Crippen LogP contribution in [0, 0.1) is 0 Å². The van der Waals surface area contributed by atoms with E-state index in [1.807, 2.05) is 41.1 Å². The van der Waals surface area contributed by atoms with Crippen molar-refractivity contribution in [1.29, 1.82) is 0 Å². The normalized spacial score (nSPS) is 18.3. The number of likely N-dealkylation sites (N-methyl/N-ethyl adjacent to an activating group) is 1. The van der Waals surface area contributed by atoms with Gasteiger partial charge in [0.05, 0.1) is 12.2 Å². The third kappa shape index (κ3) is 4.23. The maximum absolute atomic E-state index is 13.0. The topological polar surface area (TPSA) is 110 Å². The lowest BCUT2D eigenvalue weighted by Crippen LogP contribution is -2.47. The molecule has 168 valence electrons. The van der Waals surface area contributed by atoms with Crippen molar-refractivity contribution in [2.75, 3.05) is 25.0 Å². The Morgan fingerprint density at radius 2 is 2.00 bits per heavy atom. The fourth-order valence-electron chi connectivity index (χ4n) is 3.88. The van der Waals surface area contributed by atoms with Gasteiger partial charge in [0.25, 0.3) is 11.8 Å². The first-order valence-electron chi connectivity index (χ1n) is 10.4. The molecule has 0 unspecified atom stereocenters. The highest BCUT2D eigenvalue weighted by Gasteiger charge is 2.33. The first kappa shape index (κ1) is 22.0. The third-order valence-electron chi connectivity index (χ3n) is 5.81. The minimum atomic E-state index is -0.658. The summed E-state index contributed by atoms with van der Waals surface area (Å²) in [7, 11) is 1.72. The SMILES string of the molecule is CN1C(=O)[C@H](NC(=O)c2ncn(Cc3ccccc3)n2)CCn2nc(C3CNC3)cc21.Cl. The van der Waals surface area contributed by atoms with Crippen molar-refractivity contribution in [1.82, 2.24) is 35.2 Å². The van der Waals surface area contributed by atoms with Gasteiger partial charge in [-0.2, -0.15) is 5.10 Å². The van der Waals surface area contributed by atoms with Crippen molar-refractivity contribution in [3.8, 4) is 0 Å². The zero-order valence-electron chi connectivity index (χ0n) is 17.6. The van der Waals surface area contributed by atoms with Gasteiger partial charge in [0, 0.05) is 38.7 Å². The summed E-state index contributed by atoms with van der Waals surface area (Å²) in [6, 6.07) is 11.1. The van der Waals surface area contributed by atoms with E-state index in [9.17, 15) is 9.59 Å². The fraction of sp³-hybridized carbons (Fsp3) is 0.381. The molecule has 11 heteroatoms. The van der Waals surface area contributed by atoms with Crippen LogP contribution in [0.1, 0.15) is 34.2 Å². The molecule has 2 aromatic heterocycles. The monoisotopic (exact) mass is 456 g/mol. The predicted molar refractivity (Wildman–Crippen MR) is 120 cm³/mol. The molecule has 1 fully saturated rings. The Balaban J connectivity index is 0.00000245. The average Bonchev–Trinajstić information content (AvgIpc) is 3.34. The Morgan fingerprint density at radius 3 is 2.72 bits per heavy atom. The number of carbonyl (C=O) groups is 2. The van der Waals surface area contributed by atoms with Crippen LogP contribution in [0.2, 0.25) is 0 Å². The van der Waals surface area contributed by atoms with E-state index in [-0.39, 0.29) is 24.1 Å². The number of aromatic nitrogens is 5. The molecule has 32 heavy (non-hydrogen) atoms. The summed E-state index contributed by atoms with van der Waals surface area (Å²) in [5, 5.41) is 15.0. The molecular formula is C21H25ClN8O2. The van der Waals surface area contributed by atoms with E-state index in [2.05, 4.69) is 25.8 Å². The lowest BCUT2D eigenvalue weighted by molar-refractivity contribution is -0.120. The van der Waals surface area contributed by atoms with Crippen molar-refractivity contribution >= 4 is 30.0 Å². The first-order chi connectivity index (χ1) is 15.1. The Labute approximate surface area is 191 Å². The summed E-state index contributed by atoms with van der Waals surface area (Å²) in [5.74, 6) is 0.575. The van der Waals surface area contributed by atoms with Crippen molar-refractivity contribution in [3.63, 3.8) is 0 Å². The highest BCUT2D eigenvalue weighted by Crippen LogP contribution is 2.26. The molecular weight excluding hydrogens is 432 g/mol. The molecule has 2 amide bonds. The second-order valence-corrected chi connectivity index (χ2v) is 7.97. The van der Waals surface area contributed by atoms with Crippen LogP contribution in [0.5, 0.6) is 0 Å². The van der Waals surface area contributed by atoms with Crippen LogP contribution >= 0.6 is 12.4 Å². The predicted octanol–water partition coefficient (Wildman–Crippen LogP) is 0.797. The van der Waals surface area contributed by atoms with E-state index in [0.717, 1.165) is 30.2 Å². The molecule has 2 aliphatic heterocycles. The molecule has 0 spiro atoms. The number of rotatable bonds is 5. The molecule has 10 nitrogen and oxygen atoms in total. The number of nitrogens with one attached hydrogen (secondary N) is 2. The van der Waals surface area contributed by atoms with E-state index in [1.165, 1.54) is 6.33 Å². The van der Waals surface area contributed by atoms with Crippen molar-refractivity contribution < 1.29 is 9.59 Å². The quantitative estimate of drug-likeness (QED) is 0.587. The van der Waals surface area contributed by atoms with Crippen LogP contribution in [0.25, 0.3) is 0 Å². The van der Waals surface area contributed by atoms with Crippen LogP contribution in [-0.4, -0.2) is 62.5 Å². The largest absolute Gasteiger partial charge is 0.337 e. The minimum absolute atomic E-state index is 0. The molecule has 0 radical (unpaired) electrons. The van der Waals surface area contributed by atoms with Crippen molar-refractivity contribution in [2.24, 2.45) is 0 Å². The number of hydrogen-bond donors (Lipinski definition) is 2. The smallest absolute Gasteiger partial charge is 0.291 e. The van der Waals surface area contributed by atoms with E-state index >= 15 is 0 Å². The van der Waals surface area contributed by atoms with E-state index < -0.39 is 11.9 Å². The fourth-order valence-corrected chi connectivity index (χ4v) is 3.88. The maximum atomic E-state index is 13.0. The number of nitrogens with zero attached hydrogens (tertiary/aromatic N) is 6. The molecule has 1 saturated heterocycles. The summed E-state index contributed by atoms with van der Waals surface area (Å²) in [4.78, 5) is 31.4.